The van der Waals surface area contributed by atoms with Crippen molar-refractivity contribution in [2.45, 2.75) is 45.3 Å². The third kappa shape index (κ3) is 3.68. The fourth-order valence-corrected chi connectivity index (χ4v) is 2.08. The van der Waals surface area contributed by atoms with E-state index in [9.17, 15) is 4.79 Å². The van der Waals surface area contributed by atoms with Crippen molar-refractivity contribution in [2.75, 3.05) is 5.75 Å². The predicted octanol–water partition coefficient (Wildman–Crippen LogP) is 1.61. The van der Waals surface area contributed by atoms with Crippen LogP contribution in [0.4, 0.5) is 0 Å². The molecule has 0 aromatic rings. The molecule has 2 N–H and O–H groups in total. The van der Waals surface area contributed by atoms with E-state index in [0.717, 1.165) is 25.2 Å². The largest absolute Gasteiger partial charge is 0.461 e. The van der Waals surface area contributed by atoms with Crippen LogP contribution in [-0.4, -0.2) is 23.9 Å². The summed E-state index contributed by atoms with van der Waals surface area (Å²) in [6.07, 6.45) is 3.13. The van der Waals surface area contributed by atoms with Crippen LogP contribution in [0.5, 0.6) is 0 Å². The van der Waals surface area contributed by atoms with Gasteiger partial charge in [0.15, 0.2) is 0 Å². The molecular weight excluding hydrogens is 210 g/mol. The molecule has 4 atom stereocenters. The second-order valence-corrected chi connectivity index (χ2v) is 4.98. The molecule has 3 unspecified atom stereocenters. The molecule has 0 amide bonds. The van der Waals surface area contributed by atoms with E-state index in [4.69, 9.17) is 10.5 Å². The van der Waals surface area contributed by atoms with Gasteiger partial charge in [0.05, 0.1) is 0 Å². The number of thiol groups is 1. The first kappa shape index (κ1) is 12.8. The minimum absolute atomic E-state index is 0.0645. The summed E-state index contributed by atoms with van der Waals surface area (Å²) in [5.41, 5.74) is 5.54. The summed E-state index contributed by atoms with van der Waals surface area (Å²) in [6, 6.07) is -0.581. The molecule has 0 heterocycles. The van der Waals surface area contributed by atoms with Gasteiger partial charge in [-0.1, -0.05) is 13.8 Å². The molecule has 0 spiro atoms. The molecule has 0 radical (unpaired) electrons. The number of hydrogen-bond acceptors (Lipinski definition) is 4. The van der Waals surface area contributed by atoms with Crippen LogP contribution in [-0.2, 0) is 9.53 Å². The maximum atomic E-state index is 11.4. The first-order chi connectivity index (χ1) is 7.04. The number of carbonyl (C=O) groups is 1. The highest BCUT2D eigenvalue weighted by Gasteiger charge is 2.28. The molecule has 1 rings (SSSR count). The number of rotatable bonds is 3. The summed E-state index contributed by atoms with van der Waals surface area (Å²) in [5, 5.41) is 0. The zero-order valence-corrected chi connectivity index (χ0v) is 10.4. The molecule has 1 aliphatic rings. The highest BCUT2D eigenvalue weighted by molar-refractivity contribution is 7.80. The van der Waals surface area contributed by atoms with Crippen molar-refractivity contribution >= 4 is 18.6 Å². The van der Waals surface area contributed by atoms with Gasteiger partial charge in [0.1, 0.15) is 12.1 Å². The van der Waals surface area contributed by atoms with Gasteiger partial charge >= 0.3 is 5.97 Å². The number of ether oxygens (including phenoxy) is 1. The summed E-state index contributed by atoms with van der Waals surface area (Å²) >= 11 is 3.98. The fourth-order valence-electron chi connectivity index (χ4n) is 1.93. The van der Waals surface area contributed by atoms with Gasteiger partial charge in [-0.05, 0) is 31.1 Å². The lowest BCUT2D eigenvalue weighted by molar-refractivity contribution is -0.152. The normalized spacial score (nSPS) is 33.5. The van der Waals surface area contributed by atoms with Gasteiger partial charge in [-0.15, -0.1) is 0 Å². The summed E-state index contributed by atoms with van der Waals surface area (Å²) < 4.78 is 5.35. The van der Waals surface area contributed by atoms with Crippen molar-refractivity contribution in [1.82, 2.24) is 0 Å². The lowest BCUT2D eigenvalue weighted by atomic mass is 9.80. The Labute approximate surface area is 97.2 Å². The van der Waals surface area contributed by atoms with Crippen LogP contribution in [0.2, 0.25) is 0 Å². The second kappa shape index (κ2) is 5.75. The van der Waals surface area contributed by atoms with E-state index in [1.54, 1.807) is 0 Å². The Morgan fingerprint density at radius 3 is 2.67 bits per heavy atom. The molecule has 0 aromatic heterocycles. The molecule has 3 nitrogen and oxygen atoms in total. The van der Waals surface area contributed by atoms with Crippen molar-refractivity contribution in [3.63, 3.8) is 0 Å². The SMILES string of the molecule is CC1CCC(OC(=O)[C@@H](N)CS)CC1C. The smallest absolute Gasteiger partial charge is 0.324 e. The summed E-state index contributed by atoms with van der Waals surface area (Å²) in [6.45, 7) is 4.46. The first-order valence-electron chi connectivity index (χ1n) is 5.61. The maximum Gasteiger partial charge on any atom is 0.324 e. The Morgan fingerprint density at radius 1 is 1.47 bits per heavy atom. The standard InChI is InChI=1S/C11H21NO2S/c1-7-3-4-9(5-8(7)2)14-11(13)10(12)6-15/h7-10,15H,3-6,12H2,1-2H3/t7?,8?,9?,10-/m0/s1. The topological polar surface area (TPSA) is 52.3 Å². The van der Waals surface area contributed by atoms with E-state index in [1.165, 1.54) is 0 Å². The monoisotopic (exact) mass is 231 g/mol. The number of nitrogens with two attached hydrogens (primary N) is 1. The molecule has 0 bridgehead atoms. The fraction of sp³-hybridized carbons (Fsp3) is 0.909. The van der Waals surface area contributed by atoms with Crippen molar-refractivity contribution < 1.29 is 9.53 Å². The van der Waals surface area contributed by atoms with Crippen LogP contribution in [0.1, 0.15) is 33.1 Å². The van der Waals surface area contributed by atoms with Crippen LogP contribution in [0.25, 0.3) is 0 Å². The third-order valence-corrected chi connectivity index (χ3v) is 3.73. The highest BCUT2D eigenvalue weighted by atomic mass is 32.1. The molecule has 1 aliphatic carbocycles. The summed E-state index contributed by atoms with van der Waals surface area (Å²) in [7, 11) is 0. The molecule has 4 heteroatoms. The van der Waals surface area contributed by atoms with Gasteiger partial charge in [-0.3, -0.25) is 4.79 Å². The average molecular weight is 231 g/mol. The van der Waals surface area contributed by atoms with E-state index in [1.807, 2.05) is 0 Å². The van der Waals surface area contributed by atoms with Crippen LogP contribution < -0.4 is 5.73 Å². The van der Waals surface area contributed by atoms with Gasteiger partial charge in [-0.25, -0.2) is 0 Å². The molecule has 0 saturated heterocycles. The highest BCUT2D eigenvalue weighted by Crippen LogP contribution is 2.30. The van der Waals surface area contributed by atoms with Crippen LogP contribution in [0.3, 0.4) is 0 Å². The maximum absolute atomic E-state index is 11.4. The number of esters is 1. The molecule has 1 saturated carbocycles. The molecule has 15 heavy (non-hydrogen) atoms. The van der Waals surface area contributed by atoms with Gasteiger partial charge in [0, 0.05) is 5.75 Å². The van der Waals surface area contributed by atoms with E-state index < -0.39 is 6.04 Å². The number of hydrogen-bond donors (Lipinski definition) is 2. The van der Waals surface area contributed by atoms with E-state index in [0.29, 0.717) is 11.7 Å². The van der Waals surface area contributed by atoms with E-state index in [2.05, 4.69) is 26.5 Å². The Bertz CT molecular complexity index is 223. The van der Waals surface area contributed by atoms with Crippen molar-refractivity contribution in [3.05, 3.63) is 0 Å². The Morgan fingerprint density at radius 2 is 2.13 bits per heavy atom. The second-order valence-electron chi connectivity index (χ2n) is 4.62. The lowest BCUT2D eigenvalue weighted by Gasteiger charge is -2.32. The minimum Gasteiger partial charge on any atom is -0.461 e. The van der Waals surface area contributed by atoms with E-state index in [-0.39, 0.29) is 12.1 Å². The lowest BCUT2D eigenvalue weighted by Crippen LogP contribution is -2.38. The molecule has 0 aliphatic heterocycles. The van der Waals surface area contributed by atoms with Crippen LogP contribution >= 0.6 is 12.6 Å². The van der Waals surface area contributed by atoms with Crippen molar-refractivity contribution in [1.29, 1.82) is 0 Å². The Kier molecular flexibility index (Phi) is 4.93. The zero-order chi connectivity index (χ0) is 11.4. The first-order valence-corrected chi connectivity index (χ1v) is 6.24. The van der Waals surface area contributed by atoms with E-state index >= 15 is 0 Å². The zero-order valence-electron chi connectivity index (χ0n) is 9.48. The Hall–Kier alpha value is -0.220. The number of carbonyl (C=O) groups excluding carboxylic acids is 1. The summed E-state index contributed by atoms with van der Waals surface area (Å²) in [5.74, 6) is 1.40. The van der Waals surface area contributed by atoms with Gasteiger partial charge in [-0.2, -0.15) is 12.6 Å². The van der Waals surface area contributed by atoms with Crippen molar-refractivity contribution in [2.24, 2.45) is 17.6 Å². The third-order valence-electron chi connectivity index (χ3n) is 3.33. The van der Waals surface area contributed by atoms with Crippen LogP contribution in [0.15, 0.2) is 0 Å². The van der Waals surface area contributed by atoms with Gasteiger partial charge in [0.25, 0.3) is 0 Å². The minimum atomic E-state index is -0.581. The molecular formula is C11H21NO2S. The summed E-state index contributed by atoms with van der Waals surface area (Å²) in [4.78, 5) is 11.4. The molecule has 0 aromatic carbocycles. The van der Waals surface area contributed by atoms with Gasteiger partial charge in [0.2, 0.25) is 0 Å². The molecule has 1 fully saturated rings. The quantitative estimate of drug-likeness (QED) is 0.573. The van der Waals surface area contributed by atoms with Gasteiger partial charge < -0.3 is 10.5 Å². The predicted molar refractivity (Wildman–Crippen MR) is 63.9 cm³/mol. The Balaban J connectivity index is 2.36. The molecule has 88 valence electrons. The average Bonchev–Trinajstić information content (AvgIpc) is 2.22. The van der Waals surface area contributed by atoms with Crippen molar-refractivity contribution in [3.8, 4) is 0 Å². The van der Waals surface area contributed by atoms with Crippen LogP contribution in [0, 0.1) is 11.8 Å².